The predicted octanol–water partition coefficient (Wildman–Crippen LogP) is 2.95. The zero-order chi connectivity index (χ0) is 19.2. The molecule has 0 radical (unpaired) electrons. The summed E-state index contributed by atoms with van der Waals surface area (Å²) in [4.78, 5) is 11.6. The minimum atomic E-state index is 0.891. The summed E-state index contributed by atoms with van der Waals surface area (Å²) < 4.78 is 0. The van der Waals surface area contributed by atoms with Gasteiger partial charge in [0.25, 0.3) is 0 Å². The molecule has 1 aliphatic heterocycles. The first-order valence-electron chi connectivity index (χ1n) is 10.7. The van der Waals surface area contributed by atoms with E-state index in [9.17, 15) is 0 Å². The Hall–Kier alpha value is -1.82. The summed E-state index contributed by atoms with van der Waals surface area (Å²) in [5.74, 6) is 2.80. The molecule has 0 amide bonds. The average Bonchev–Trinajstić information content (AvgIpc) is 2.70. The summed E-state index contributed by atoms with van der Waals surface area (Å²) >= 11 is 0. The Morgan fingerprint density at radius 3 is 2.70 bits per heavy atom. The summed E-state index contributed by atoms with van der Waals surface area (Å²) in [5, 5.41) is 10.1. The molecule has 152 valence electrons. The van der Waals surface area contributed by atoms with Crippen molar-refractivity contribution in [3.8, 4) is 0 Å². The molecule has 27 heavy (non-hydrogen) atoms. The maximum absolute atomic E-state index is 4.72. The maximum atomic E-state index is 4.72. The van der Waals surface area contributed by atoms with E-state index in [-0.39, 0.29) is 0 Å². The Labute approximate surface area is 165 Å². The van der Waals surface area contributed by atoms with Crippen molar-refractivity contribution in [2.24, 2.45) is 10.9 Å². The Morgan fingerprint density at radius 1 is 1.15 bits per heavy atom. The maximum Gasteiger partial charge on any atom is 0.191 e. The molecule has 1 aromatic rings. The molecule has 0 bridgehead atoms. The molecule has 6 heteroatoms. The second-order valence-corrected chi connectivity index (χ2v) is 7.41. The second-order valence-electron chi connectivity index (χ2n) is 7.41. The van der Waals surface area contributed by atoms with Crippen molar-refractivity contribution in [1.29, 1.82) is 0 Å². The van der Waals surface area contributed by atoms with Crippen LogP contribution in [0.2, 0.25) is 0 Å². The number of nitrogens with zero attached hydrogens (tertiary/aromatic N) is 3. The number of hydrogen-bond acceptors (Lipinski definition) is 4. The molecular weight excluding hydrogens is 336 g/mol. The zero-order valence-electron chi connectivity index (χ0n) is 17.2. The lowest BCUT2D eigenvalue weighted by Crippen LogP contribution is -2.38. The second kappa shape index (κ2) is 13.4. The Kier molecular flexibility index (Phi) is 10.6. The van der Waals surface area contributed by atoms with Crippen LogP contribution in [0, 0.1) is 5.92 Å². The predicted molar refractivity (Wildman–Crippen MR) is 115 cm³/mol. The van der Waals surface area contributed by atoms with Crippen LogP contribution in [-0.4, -0.2) is 61.7 Å². The van der Waals surface area contributed by atoms with Crippen molar-refractivity contribution in [2.45, 2.75) is 46.0 Å². The highest BCUT2D eigenvalue weighted by Crippen LogP contribution is 2.15. The van der Waals surface area contributed by atoms with Crippen molar-refractivity contribution < 1.29 is 0 Å². The first-order valence-corrected chi connectivity index (χ1v) is 10.7. The smallest absolute Gasteiger partial charge is 0.191 e. The first kappa shape index (κ1) is 21.5. The number of rotatable bonds is 11. The van der Waals surface area contributed by atoms with Crippen LogP contribution in [0.25, 0.3) is 0 Å². The highest BCUT2D eigenvalue weighted by atomic mass is 15.2. The Morgan fingerprint density at radius 2 is 1.96 bits per heavy atom. The van der Waals surface area contributed by atoms with Crippen molar-refractivity contribution in [2.75, 3.05) is 51.1 Å². The third-order valence-electron chi connectivity index (χ3n) is 4.99. The van der Waals surface area contributed by atoms with Gasteiger partial charge >= 0.3 is 0 Å². The van der Waals surface area contributed by atoms with E-state index in [2.05, 4.69) is 39.7 Å². The Balaban J connectivity index is 1.53. The normalized spacial score (nSPS) is 16.3. The van der Waals surface area contributed by atoms with Gasteiger partial charge in [-0.25, -0.2) is 4.98 Å². The number of unbranched alkanes of at least 4 members (excludes halogenated alkanes) is 1. The van der Waals surface area contributed by atoms with Gasteiger partial charge in [0.05, 0.1) is 0 Å². The van der Waals surface area contributed by atoms with Crippen LogP contribution in [0.1, 0.15) is 46.0 Å². The van der Waals surface area contributed by atoms with E-state index >= 15 is 0 Å². The molecule has 1 aromatic heterocycles. The minimum Gasteiger partial charge on any atom is -0.370 e. The van der Waals surface area contributed by atoms with Gasteiger partial charge in [-0.15, -0.1) is 0 Å². The number of nitrogens with one attached hydrogen (secondary N) is 3. The number of likely N-dealkylation sites (tertiary alicyclic amines) is 1. The summed E-state index contributed by atoms with van der Waals surface area (Å²) in [7, 11) is 0. The van der Waals surface area contributed by atoms with Crippen LogP contribution in [-0.2, 0) is 0 Å². The summed E-state index contributed by atoms with van der Waals surface area (Å²) in [6.45, 7) is 11.9. The van der Waals surface area contributed by atoms with Gasteiger partial charge in [0.15, 0.2) is 5.96 Å². The largest absolute Gasteiger partial charge is 0.370 e. The number of aromatic nitrogens is 1. The van der Waals surface area contributed by atoms with Crippen molar-refractivity contribution >= 4 is 11.8 Å². The molecule has 0 spiro atoms. The van der Waals surface area contributed by atoms with E-state index in [1.807, 2.05) is 24.4 Å². The van der Waals surface area contributed by atoms with Crippen LogP contribution in [0.4, 0.5) is 5.82 Å². The molecule has 0 aliphatic carbocycles. The lowest BCUT2D eigenvalue weighted by Gasteiger charge is -2.29. The van der Waals surface area contributed by atoms with E-state index in [1.54, 1.807) is 0 Å². The summed E-state index contributed by atoms with van der Waals surface area (Å²) in [6.07, 6.45) is 7.87. The molecule has 3 N–H and O–H groups in total. The molecule has 1 saturated heterocycles. The number of aliphatic imine (C=N–C) groups is 1. The van der Waals surface area contributed by atoms with Gasteiger partial charge in [-0.3, -0.25) is 4.99 Å². The molecule has 0 saturated carbocycles. The van der Waals surface area contributed by atoms with E-state index in [0.717, 1.165) is 63.1 Å². The van der Waals surface area contributed by atoms with Crippen LogP contribution >= 0.6 is 0 Å². The highest BCUT2D eigenvalue weighted by Gasteiger charge is 2.14. The molecule has 1 aliphatic rings. The summed E-state index contributed by atoms with van der Waals surface area (Å²) in [5.41, 5.74) is 0. The number of piperidine rings is 1. The van der Waals surface area contributed by atoms with E-state index in [0.29, 0.717) is 0 Å². The van der Waals surface area contributed by atoms with Crippen LogP contribution < -0.4 is 16.0 Å². The van der Waals surface area contributed by atoms with E-state index in [4.69, 9.17) is 4.99 Å². The van der Waals surface area contributed by atoms with Gasteiger partial charge in [-0.05, 0) is 76.7 Å². The van der Waals surface area contributed by atoms with Gasteiger partial charge in [0.2, 0.25) is 0 Å². The van der Waals surface area contributed by atoms with Gasteiger partial charge in [0, 0.05) is 32.4 Å². The van der Waals surface area contributed by atoms with Gasteiger partial charge < -0.3 is 20.9 Å². The third-order valence-corrected chi connectivity index (χ3v) is 4.99. The first-order chi connectivity index (χ1) is 13.3. The molecule has 2 rings (SSSR count). The average molecular weight is 375 g/mol. The number of hydrogen-bond donors (Lipinski definition) is 3. The van der Waals surface area contributed by atoms with Gasteiger partial charge in [0.1, 0.15) is 5.82 Å². The zero-order valence-corrected chi connectivity index (χ0v) is 17.2. The fourth-order valence-electron chi connectivity index (χ4n) is 3.25. The number of anilines is 1. The fourth-order valence-corrected chi connectivity index (χ4v) is 3.25. The third kappa shape index (κ3) is 9.61. The lowest BCUT2D eigenvalue weighted by molar-refractivity contribution is 0.192. The van der Waals surface area contributed by atoms with Gasteiger partial charge in [-0.2, -0.15) is 0 Å². The van der Waals surface area contributed by atoms with Crippen LogP contribution in [0.3, 0.4) is 0 Å². The molecule has 2 heterocycles. The van der Waals surface area contributed by atoms with E-state index in [1.165, 1.54) is 32.5 Å². The van der Waals surface area contributed by atoms with E-state index < -0.39 is 0 Å². The molecule has 1 fully saturated rings. The standard InChI is InChI=1S/C21H38N6/c1-3-22-21(26-15-8-16-27-17-10-19(2)11-18-27)25-14-7-6-13-24-20-9-4-5-12-23-20/h4-5,9,12,19H,3,6-8,10-11,13-18H2,1-2H3,(H,23,24)(H2,22,25,26). The lowest BCUT2D eigenvalue weighted by atomic mass is 9.99. The number of guanidine groups is 1. The molecule has 0 aromatic carbocycles. The number of pyridine rings is 1. The molecule has 6 nitrogen and oxygen atoms in total. The molecular formula is C21H38N6. The van der Waals surface area contributed by atoms with Crippen LogP contribution in [0.15, 0.2) is 29.4 Å². The van der Waals surface area contributed by atoms with Crippen molar-refractivity contribution in [3.63, 3.8) is 0 Å². The Bertz CT molecular complexity index is 511. The SMILES string of the molecule is CCNC(=NCCCN1CCC(C)CC1)NCCCCNc1ccccn1. The molecule has 0 unspecified atom stereocenters. The van der Waals surface area contributed by atoms with Gasteiger partial charge in [-0.1, -0.05) is 13.0 Å². The highest BCUT2D eigenvalue weighted by molar-refractivity contribution is 5.79. The van der Waals surface area contributed by atoms with Crippen molar-refractivity contribution in [1.82, 2.24) is 20.5 Å². The monoisotopic (exact) mass is 374 g/mol. The molecule has 0 atom stereocenters. The summed E-state index contributed by atoms with van der Waals surface area (Å²) in [6, 6.07) is 5.93. The topological polar surface area (TPSA) is 64.6 Å². The quantitative estimate of drug-likeness (QED) is 0.316. The van der Waals surface area contributed by atoms with Crippen LogP contribution in [0.5, 0.6) is 0 Å². The fraction of sp³-hybridized carbons (Fsp3) is 0.714. The minimum absolute atomic E-state index is 0.891. The van der Waals surface area contributed by atoms with Crippen molar-refractivity contribution in [3.05, 3.63) is 24.4 Å².